The Morgan fingerprint density at radius 3 is 0.747 bits per heavy atom. The van der Waals surface area contributed by atoms with Crippen molar-refractivity contribution in [2.45, 2.75) is 335 Å². The number of rotatable bonds is 63. The third kappa shape index (κ3) is 68.5. The van der Waals surface area contributed by atoms with Crippen molar-refractivity contribution >= 4 is 17.9 Å². The normalized spacial score (nSPS) is 12.9. The second-order valence-electron chi connectivity index (χ2n) is 23.1. The van der Waals surface area contributed by atoms with E-state index in [1.54, 1.807) is 0 Å². The van der Waals surface area contributed by atoms with Gasteiger partial charge in [-0.2, -0.15) is 0 Å². The van der Waals surface area contributed by atoms with Crippen molar-refractivity contribution in [2.75, 3.05) is 13.2 Å². The first-order chi connectivity index (χ1) is 41.0. The van der Waals surface area contributed by atoms with Gasteiger partial charge in [-0.1, -0.05) is 316 Å². The highest BCUT2D eigenvalue weighted by Crippen LogP contribution is 2.17. The van der Waals surface area contributed by atoms with Crippen LogP contribution in [0.15, 0.2) is 122 Å². The first-order valence-electron chi connectivity index (χ1n) is 35.0. The van der Waals surface area contributed by atoms with Gasteiger partial charge in [0.15, 0.2) is 6.10 Å². The minimum Gasteiger partial charge on any atom is -0.462 e. The monoisotopic (exact) mass is 1150 g/mol. The molecule has 0 saturated carbocycles. The van der Waals surface area contributed by atoms with E-state index in [0.717, 1.165) is 128 Å². The van der Waals surface area contributed by atoms with E-state index in [0.29, 0.717) is 19.3 Å². The molecule has 0 heterocycles. The highest BCUT2D eigenvalue weighted by Gasteiger charge is 2.19. The van der Waals surface area contributed by atoms with Crippen molar-refractivity contribution in [1.29, 1.82) is 0 Å². The number of carbonyl (C=O) groups is 3. The van der Waals surface area contributed by atoms with E-state index in [1.807, 2.05) is 0 Å². The highest BCUT2D eigenvalue weighted by atomic mass is 16.6. The van der Waals surface area contributed by atoms with Crippen LogP contribution in [0.2, 0.25) is 0 Å². The summed E-state index contributed by atoms with van der Waals surface area (Å²) in [5.41, 5.74) is 0. The van der Waals surface area contributed by atoms with Crippen molar-refractivity contribution in [3.63, 3.8) is 0 Å². The van der Waals surface area contributed by atoms with Gasteiger partial charge in [-0.25, -0.2) is 0 Å². The van der Waals surface area contributed by atoms with E-state index in [-0.39, 0.29) is 31.1 Å². The standard InChI is InChI=1S/C77H130O6/c1-4-7-10-13-16-19-22-25-28-31-33-35-37-38-40-41-43-46-49-52-55-58-61-64-67-70-76(79)82-73-74(72-81-75(78)69-66-63-60-57-54-51-48-45-30-27-24-21-18-15-12-9-6-3)83-77(80)71-68-65-62-59-56-53-50-47-44-42-39-36-34-32-29-26-23-20-17-14-11-8-5-2/h7,10,16,19,23,25-26,28,32-35,38-40,42-43,46,52,55,74H,4-6,8-9,11-15,17-18,20-22,24,27,29-31,36-37,41,44-45,47-51,53-54,56-73H2,1-3H3/b10-7-,19-16-,26-23-,28-25-,34-32-,35-33-,40-38-,42-39-,46-43-,55-52-. The molecular weight excluding hydrogens is 1020 g/mol. The van der Waals surface area contributed by atoms with E-state index >= 15 is 0 Å². The third-order valence-corrected chi connectivity index (χ3v) is 15.0. The molecule has 474 valence electrons. The molecule has 0 aromatic rings. The summed E-state index contributed by atoms with van der Waals surface area (Å²) in [6.07, 6.45) is 97.8. The number of allylic oxidation sites excluding steroid dienone is 20. The maximum Gasteiger partial charge on any atom is 0.306 e. The molecule has 0 rings (SSSR count). The van der Waals surface area contributed by atoms with E-state index < -0.39 is 6.10 Å². The summed E-state index contributed by atoms with van der Waals surface area (Å²) >= 11 is 0. The summed E-state index contributed by atoms with van der Waals surface area (Å²) in [5, 5.41) is 0. The summed E-state index contributed by atoms with van der Waals surface area (Å²) in [4.78, 5) is 38.5. The summed E-state index contributed by atoms with van der Waals surface area (Å²) in [7, 11) is 0. The molecule has 0 fully saturated rings. The van der Waals surface area contributed by atoms with Crippen molar-refractivity contribution < 1.29 is 28.6 Å². The molecule has 0 radical (unpaired) electrons. The molecule has 0 bridgehead atoms. The quantitative estimate of drug-likeness (QED) is 0.0261. The Hall–Kier alpha value is -4.19. The number of hydrogen-bond acceptors (Lipinski definition) is 6. The van der Waals surface area contributed by atoms with Crippen LogP contribution in [0, 0.1) is 0 Å². The zero-order chi connectivity index (χ0) is 59.9. The first kappa shape index (κ1) is 78.8. The predicted octanol–water partition coefficient (Wildman–Crippen LogP) is 24.3. The molecular formula is C77H130O6. The number of carbonyl (C=O) groups excluding carboxylic acids is 3. The highest BCUT2D eigenvalue weighted by molar-refractivity contribution is 5.71. The minimum atomic E-state index is -0.800. The smallest absolute Gasteiger partial charge is 0.306 e. The van der Waals surface area contributed by atoms with Crippen LogP contribution in [-0.4, -0.2) is 37.2 Å². The molecule has 0 aliphatic rings. The lowest BCUT2D eigenvalue weighted by Gasteiger charge is -2.18. The summed E-state index contributed by atoms with van der Waals surface area (Å²) < 4.78 is 17.0. The van der Waals surface area contributed by atoms with Gasteiger partial charge in [-0.3, -0.25) is 14.4 Å². The summed E-state index contributed by atoms with van der Waals surface area (Å²) in [5.74, 6) is -0.921. The molecule has 0 N–H and O–H groups in total. The van der Waals surface area contributed by atoms with Crippen LogP contribution in [0.5, 0.6) is 0 Å². The van der Waals surface area contributed by atoms with Crippen LogP contribution in [-0.2, 0) is 28.6 Å². The number of ether oxygens (including phenoxy) is 3. The fourth-order valence-electron chi connectivity index (χ4n) is 9.73. The van der Waals surface area contributed by atoms with Gasteiger partial charge < -0.3 is 14.2 Å². The van der Waals surface area contributed by atoms with Crippen molar-refractivity contribution in [1.82, 2.24) is 0 Å². The molecule has 83 heavy (non-hydrogen) atoms. The molecule has 0 aromatic heterocycles. The van der Waals surface area contributed by atoms with Gasteiger partial charge in [-0.15, -0.1) is 0 Å². The van der Waals surface area contributed by atoms with Gasteiger partial charge in [0.25, 0.3) is 0 Å². The van der Waals surface area contributed by atoms with Crippen LogP contribution >= 0.6 is 0 Å². The van der Waals surface area contributed by atoms with Crippen molar-refractivity contribution in [3.8, 4) is 0 Å². The lowest BCUT2D eigenvalue weighted by molar-refractivity contribution is -0.167. The zero-order valence-corrected chi connectivity index (χ0v) is 54.4. The molecule has 1 unspecified atom stereocenters. The molecule has 0 saturated heterocycles. The van der Waals surface area contributed by atoms with Crippen molar-refractivity contribution in [3.05, 3.63) is 122 Å². The summed E-state index contributed by atoms with van der Waals surface area (Å²) in [6.45, 7) is 6.52. The molecule has 0 aliphatic carbocycles. The number of hydrogen-bond donors (Lipinski definition) is 0. The largest absolute Gasteiger partial charge is 0.462 e. The van der Waals surface area contributed by atoms with Gasteiger partial charge in [0, 0.05) is 19.3 Å². The Morgan fingerprint density at radius 2 is 0.470 bits per heavy atom. The Morgan fingerprint density at radius 1 is 0.253 bits per heavy atom. The average molecular weight is 1150 g/mol. The molecule has 1 atom stereocenters. The predicted molar refractivity (Wildman–Crippen MR) is 362 cm³/mol. The first-order valence-corrected chi connectivity index (χ1v) is 35.0. The average Bonchev–Trinajstić information content (AvgIpc) is 3.49. The van der Waals surface area contributed by atoms with Crippen LogP contribution in [0.1, 0.15) is 329 Å². The summed E-state index contributed by atoms with van der Waals surface area (Å²) in [6, 6.07) is 0. The van der Waals surface area contributed by atoms with Gasteiger partial charge in [-0.05, 0) is 116 Å². The Labute approximate surface area is 513 Å². The molecule has 6 nitrogen and oxygen atoms in total. The third-order valence-electron chi connectivity index (χ3n) is 15.0. The fourth-order valence-corrected chi connectivity index (χ4v) is 9.73. The number of esters is 3. The van der Waals surface area contributed by atoms with E-state index in [4.69, 9.17) is 14.2 Å². The van der Waals surface area contributed by atoms with Gasteiger partial charge >= 0.3 is 17.9 Å². The zero-order valence-electron chi connectivity index (χ0n) is 54.4. The maximum absolute atomic E-state index is 13.0. The maximum atomic E-state index is 13.0. The molecule has 0 aromatic carbocycles. The SMILES string of the molecule is CC/C=C\C/C=C\C/C=C\C/C=C\C/C=C\C/C=C\C/C=C\CCCCCC(=O)OCC(COC(=O)CCCCCCCCCCCCCCCCCCC)OC(=O)CCCCCCCCCC/C=C\C/C=C\C/C=C\CCCCCCC. The lowest BCUT2D eigenvalue weighted by atomic mass is 10.0. The van der Waals surface area contributed by atoms with E-state index in [9.17, 15) is 14.4 Å². The van der Waals surface area contributed by atoms with Gasteiger partial charge in [0.2, 0.25) is 0 Å². The van der Waals surface area contributed by atoms with Crippen LogP contribution in [0.25, 0.3) is 0 Å². The minimum absolute atomic E-state index is 0.0915. The molecule has 6 heteroatoms. The lowest BCUT2D eigenvalue weighted by Crippen LogP contribution is -2.30. The van der Waals surface area contributed by atoms with Gasteiger partial charge in [0.05, 0.1) is 0 Å². The molecule has 0 amide bonds. The topological polar surface area (TPSA) is 78.9 Å². The Balaban J connectivity index is 4.46. The van der Waals surface area contributed by atoms with Crippen LogP contribution in [0.3, 0.4) is 0 Å². The van der Waals surface area contributed by atoms with Crippen LogP contribution in [0.4, 0.5) is 0 Å². The molecule has 0 spiro atoms. The Kier molecular flexibility index (Phi) is 66.7. The second kappa shape index (κ2) is 70.3. The van der Waals surface area contributed by atoms with Crippen molar-refractivity contribution in [2.24, 2.45) is 0 Å². The van der Waals surface area contributed by atoms with E-state index in [2.05, 4.69) is 142 Å². The van der Waals surface area contributed by atoms with E-state index in [1.165, 1.54) is 161 Å². The van der Waals surface area contributed by atoms with Gasteiger partial charge in [0.1, 0.15) is 13.2 Å². The Bertz CT molecular complexity index is 1700. The number of unbranched alkanes of at least 4 members (excludes halogenated alkanes) is 32. The van der Waals surface area contributed by atoms with Crippen LogP contribution < -0.4 is 0 Å². The second-order valence-corrected chi connectivity index (χ2v) is 23.1. The fraction of sp³-hybridized carbons (Fsp3) is 0.701. The molecule has 0 aliphatic heterocycles.